The molecule has 0 saturated carbocycles. The molecule has 1 aromatic rings. The fourth-order valence-electron chi connectivity index (χ4n) is 0.750. The Hall–Kier alpha value is -1.14. The number of nitrogens with zero attached hydrogens (tertiary/aromatic N) is 3. The largest absolute Gasteiger partial charge is 0.395 e. The highest BCUT2D eigenvalue weighted by Crippen LogP contribution is 1.99. The number of hydrogen-bond donors (Lipinski definition) is 3. The lowest BCUT2D eigenvalue weighted by atomic mass is 10.3. The SMILES string of the molecule is Cn1nncc1NCC(N)CO. The van der Waals surface area contributed by atoms with Crippen molar-refractivity contribution in [2.45, 2.75) is 6.04 Å². The zero-order valence-corrected chi connectivity index (χ0v) is 6.94. The second-order valence-electron chi connectivity index (χ2n) is 2.57. The van der Waals surface area contributed by atoms with Gasteiger partial charge in [-0.15, -0.1) is 5.10 Å². The zero-order valence-electron chi connectivity index (χ0n) is 6.94. The molecule has 0 aliphatic rings. The Kier molecular flexibility index (Phi) is 3.01. The van der Waals surface area contributed by atoms with E-state index in [-0.39, 0.29) is 12.6 Å². The molecule has 0 aliphatic carbocycles. The van der Waals surface area contributed by atoms with Crippen molar-refractivity contribution in [2.75, 3.05) is 18.5 Å². The van der Waals surface area contributed by atoms with Crippen LogP contribution in [0.1, 0.15) is 0 Å². The molecule has 6 nitrogen and oxygen atoms in total. The van der Waals surface area contributed by atoms with Gasteiger partial charge in [0.05, 0.1) is 12.8 Å². The Balaban J connectivity index is 2.38. The fourth-order valence-corrected chi connectivity index (χ4v) is 0.750. The van der Waals surface area contributed by atoms with E-state index in [9.17, 15) is 0 Å². The lowest BCUT2D eigenvalue weighted by Gasteiger charge is -2.09. The smallest absolute Gasteiger partial charge is 0.144 e. The Morgan fingerprint density at radius 2 is 2.58 bits per heavy atom. The van der Waals surface area contributed by atoms with Gasteiger partial charge in [-0.05, 0) is 0 Å². The van der Waals surface area contributed by atoms with Gasteiger partial charge < -0.3 is 16.2 Å². The van der Waals surface area contributed by atoms with Crippen molar-refractivity contribution in [3.8, 4) is 0 Å². The Morgan fingerprint density at radius 3 is 3.08 bits per heavy atom. The Labute approximate surface area is 70.4 Å². The van der Waals surface area contributed by atoms with Crippen LogP contribution in [-0.2, 0) is 7.05 Å². The van der Waals surface area contributed by atoms with Gasteiger partial charge >= 0.3 is 0 Å². The molecule has 1 atom stereocenters. The first-order chi connectivity index (χ1) is 5.74. The standard InChI is InChI=1S/C6H13N5O/c1-11-6(3-9-10-11)8-2-5(7)4-12/h3,5,8,12H,2,4,7H2,1H3. The molecule has 0 fully saturated rings. The second kappa shape index (κ2) is 4.03. The maximum absolute atomic E-state index is 8.63. The lowest BCUT2D eigenvalue weighted by Crippen LogP contribution is -2.32. The number of anilines is 1. The van der Waals surface area contributed by atoms with Crippen molar-refractivity contribution in [1.29, 1.82) is 0 Å². The van der Waals surface area contributed by atoms with Crippen LogP contribution in [0.3, 0.4) is 0 Å². The number of aryl methyl sites for hydroxylation is 1. The van der Waals surface area contributed by atoms with E-state index >= 15 is 0 Å². The maximum atomic E-state index is 8.63. The predicted molar refractivity (Wildman–Crippen MR) is 44.6 cm³/mol. The molecule has 0 bridgehead atoms. The van der Waals surface area contributed by atoms with Crippen molar-refractivity contribution in [2.24, 2.45) is 12.8 Å². The fraction of sp³-hybridized carbons (Fsp3) is 0.667. The van der Waals surface area contributed by atoms with Crippen LogP contribution in [0.25, 0.3) is 0 Å². The van der Waals surface area contributed by atoms with E-state index in [4.69, 9.17) is 10.8 Å². The van der Waals surface area contributed by atoms with Crippen LogP contribution in [0, 0.1) is 0 Å². The van der Waals surface area contributed by atoms with Gasteiger partial charge in [-0.25, -0.2) is 4.68 Å². The number of rotatable bonds is 4. The van der Waals surface area contributed by atoms with Crippen LogP contribution >= 0.6 is 0 Å². The molecule has 1 unspecified atom stereocenters. The summed E-state index contributed by atoms with van der Waals surface area (Å²) >= 11 is 0. The van der Waals surface area contributed by atoms with Crippen LogP contribution in [0.2, 0.25) is 0 Å². The van der Waals surface area contributed by atoms with E-state index in [1.807, 2.05) is 0 Å². The predicted octanol–water partition coefficient (Wildman–Crippen LogP) is -1.45. The summed E-state index contributed by atoms with van der Waals surface area (Å²) in [6.07, 6.45) is 1.60. The third-order valence-corrected chi connectivity index (χ3v) is 1.49. The first-order valence-electron chi connectivity index (χ1n) is 3.69. The molecule has 4 N–H and O–H groups in total. The summed E-state index contributed by atoms with van der Waals surface area (Å²) in [6, 6.07) is -0.250. The van der Waals surface area contributed by atoms with Gasteiger partial charge in [-0.1, -0.05) is 5.21 Å². The molecule has 0 spiro atoms. The molecule has 0 amide bonds. The van der Waals surface area contributed by atoms with Gasteiger partial charge in [0, 0.05) is 19.6 Å². The van der Waals surface area contributed by atoms with Gasteiger partial charge in [0.1, 0.15) is 5.82 Å². The molecule has 0 radical (unpaired) electrons. The molecule has 0 aliphatic heterocycles. The van der Waals surface area contributed by atoms with Gasteiger partial charge in [0.25, 0.3) is 0 Å². The number of hydrogen-bond acceptors (Lipinski definition) is 5. The van der Waals surface area contributed by atoms with Crippen molar-refractivity contribution in [1.82, 2.24) is 15.0 Å². The number of aliphatic hydroxyl groups excluding tert-OH is 1. The zero-order chi connectivity index (χ0) is 8.97. The minimum atomic E-state index is -0.250. The highest BCUT2D eigenvalue weighted by Gasteiger charge is 2.02. The first kappa shape index (κ1) is 8.95. The van der Waals surface area contributed by atoms with Gasteiger partial charge in [0.15, 0.2) is 0 Å². The molecule has 12 heavy (non-hydrogen) atoms. The Bertz CT molecular complexity index is 236. The molecular formula is C6H13N5O. The van der Waals surface area contributed by atoms with Crippen LogP contribution in [0.5, 0.6) is 0 Å². The summed E-state index contributed by atoms with van der Waals surface area (Å²) in [5.74, 6) is 0.791. The van der Waals surface area contributed by atoms with Crippen LogP contribution in [-0.4, -0.2) is 39.3 Å². The lowest BCUT2D eigenvalue weighted by molar-refractivity contribution is 0.270. The van der Waals surface area contributed by atoms with Gasteiger partial charge in [-0.2, -0.15) is 0 Å². The topological polar surface area (TPSA) is 89.0 Å². The molecule has 6 heteroatoms. The van der Waals surface area contributed by atoms with Gasteiger partial charge in [-0.3, -0.25) is 0 Å². The first-order valence-corrected chi connectivity index (χ1v) is 3.69. The molecule has 1 rings (SSSR count). The summed E-state index contributed by atoms with van der Waals surface area (Å²) in [4.78, 5) is 0. The van der Waals surface area contributed by atoms with Crippen LogP contribution in [0.15, 0.2) is 6.20 Å². The molecule has 1 aromatic heterocycles. The maximum Gasteiger partial charge on any atom is 0.144 e. The normalized spacial score (nSPS) is 12.9. The van der Waals surface area contributed by atoms with E-state index < -0.39 is 0 Å². The van der Waals surface area contributed by atoms with Gasteiger partial charge in [0.2, 0.25) is 0 Å². The summed E-state index contributed by atoms with van der Waals surface area (Å²) in [5.41, 5.74) is 5.48. The Morgan fingerprint density at radius 1 is 1.83 bits per heavy atom. The highest BCUT2D eigenvalue weighted by atomic mass is 16.3. The second-order valence-corrected chi connectivity index (χ2v) is 2.57. The van der Waals surface area contributed by atoms with Crippen LogP contribution in [0.4, 0.5) is 5.82 Å². The average molecular weight is 171 g/mol. The summed E-state index contributed by atoms with van der Waals surface area (Å²) < 4.78 is 1.60. The van der Waals surface area contributed by atoms with E-state index in [1.54, 1.807) is 17.9 Å². The van der Waals surface area contributed by atoms with E-state index in [1.165, 1.54) is 0 Å². The van der Waals surface area contributed by atoms with Crippen molar-refractivity contribution in [3.05, 3.63) is 6.20 Å². The number of nitrogens with one attached hydrogen (secondary N) is 1. The van der Waals surface area contributed by atoms with E-state index in [2.05, 4.69) is 15.6 Å². The number of aromatic nitrogens is 3. The number of aliphatic hydroxyl groups is 1. The minimum Gasteiger partial charge on any atom is -0.395 e. The monoisotopic (exact) mass is 171 g/mol. The minimum absolute atomic E-state index is 0.0295. The summed E-state index contributed by atoms with van der Waals surface area (Å²) in [6.45, 7) is 0.482. The third-order valence-electron chi connectivity index (χ3n) is 1.49. The van der Waals surface area contributed by atoms with E-state index in [0.717, 1.165) is 5.82 Å². The summed E-state index contributed by atoms with van der Waals surface area (Å²) in [5, 5.41) is 19.0. The third kappa shape index (κ3) is 2.18. The van der Waals surface area contributed by atoms with E-state index in [0.29, 0.717) is 6.54 Å². The van der Waals surface area contributed by atoms with Crippen molar-refractivity contribution < 1.29 is 5.11 Å². The molecule has 0 aromatic carbocycles. The van der Waals surface area contributed by atoms with Crippen LogP contribution < -0.4 is 11.1 Å². The highest BCUT2D eigenvalue weighted by molar-refractivity contribution is 5.30. The molecule has 1 heterocycles. The number of nitrogens with two attached hydrogens (primary N) is 1. The molecule has 0 saturated heterocycles. The van der Waals surface area contributed by atoms with Crippen molar-refractivity contribution >= 4 is 5.82 Å². The quantitative estimate of drug-likeness (QED) is 0.515. The van der Waals surface area contributed by atoms with Crippen molar-refractivity contribution in [3.63, 3.8) is 0 Å². The average Bonchev–Trinajstić information content (AvgIpc) is 2.47. The molecular weight excluding hydrogens is 158 g/mol. The molecule has 68 valence electrons. The summed E-state index contributed by atoms with van der Waals surface area (Å²) in [7, 11) is 1.78.